The summed E-state index contributed by atoms with van der Waals surface area (Å²) in [5.41, 5.74) is 1.96. The highest BCUT2D eigenvalue weighted by molar-refractivity contribution is 5.76. The lowest BCUT2D eigenvalue weighted by Crippen LogP contribution is -2.31. The van der Waals surface area contributed by atoms with Crippen LogP contribution in [-0.4, -0.2) is 25.2 Å². The summed E-state index contributed by atoms with van der Waals surface area (Å²) in [6.45, 7) is 2.61. The molecule has 6 nitrogen and oxygen atoms in total. The van der Waals surface area contributed by atoms with Gasteiger partial charge in [-0.1, -0.05) is 6.92 Å². The monoisotopic (exact) mass is 399 g/mol. The van der Waals surface area contributed by atoms with Crippen LogP contribution in [0.5, 0.6) is 0 Å². The third-order valence-corrected chi connectivity index (χ3v) is 5.35. The van der Waals surface area contributed by atoms with E-state index in [1.54, 1.807) is 12.4 Å². The molecule has 0 fully saturated rings. The zero-order valence-corrected chi connectivity index (χ0v) is 16.2. The van der Waals surface area contributed by atoms with Crippen molar-refractivity contribution in [2.45, 2.75) is 51.6 Å². The van der Waals surface area contributed by atoms with Gasteiger partial charge in [-0.15, -0.1) is 0 Å². The number of rotatable bonds is 6. The van der Waals surface area contributed by atoms with Crippen molar-refractivity contribution < 1.29 is 13.6 Å². The third-order valence-electron chi connectivity index (χ3n) is 5.35. The molecular weight excluding hydrogens is 376 g/mol. The Labute approximate surface area is 167 Å². The normalized spacial score (nSPS) is 15.9. The Morgan fingerprint density at radius 2 is 2.21 bits per heavy atom. The molecule has 1 aliphatic carbocycles. The van der Waals surface area contributed by atoms with Gasteiger partial charge in [0.1, 0.15) is 17.3 Å². The summed E-state index contributed by atoms with van der Waals surface area (Å²) in [6, 6.07) is 3.30. The lowest BCUT2D eigenvalue weighted by Gasteiger charge is -2.24. The summed E-state index contributed by atoms with van der Waals surface area (Å²) in [4.78, 5) is 16.8. The number of nitrogens with zero attached hydrogens (tertiary/aromatic N) is 4. The Hall–Kier alpha value is -3.03. The molecule has 2 aromatic heterocycles. The van der Waals surface area contributed by atoms with E-state index in [1.807, 2.05) is 17.7 Å². The van der Waals surface area contributed by atoms with Crippen molar-refractivity contribution in [1.29, 1.82) is 0 Å². The second-order valence-corrected chi connectivity index (χ2v) is 7.21. The number of nitrogens with one attached hydrogen (secondary N) is 1. The van der Waals surface area contributed by atoms with Gasteiger partial charge in [0, 0.05) is 49.1 Å². The van der Waals surface area contributed by atoms with E-state index in [1.165, 1.54) is 16.8 Å². The molecule has 1 aliphatic rings. The van der Waals surface area contributed by atoms with Gasteiger partial charge in [0.2, 0.25) is 5.91 Å². The van der Waals surface area contributed by atoms with Gasteiger partial charge in [0.25, 0.3) is 0 Å². The molecule has 0 aliphatic heterocycles. The summed E-state index contributed by atoms with van der Waals surface area (Å²) >= 11 is 0. The molecule has 0 saturated heterocycles. The lowest BCUT2D eigenvalue weighted by atomic mass is 9.92. The van der Waals surface area contributed by atoms with Crippen LogP contribution in [0.2, 0.25) is 0 Å². The second kappa shape index (κ2) is 8.14. The van der Waals surface area contributed by atoms with E-state index >= 15 is 0 Å². The molecule has 1 aromatic carbocycles. The quantitative estimate of drug-likeness (QED) is 0.690. The molecular formula is C21H23F2N5O. The number of fused-ring (bicyclic) bond motifs is 1. The summed E-state index contributed by atoms with van der Waals surface area (Å²) in [5.74, 6) is -0.365. The maximum atomic E-state index is 14.2. The SMILES string of the molecule is CCc1nccn1CCC(=O)N[C@@H]1CCCc2c1cnn2-c1ccc(F)cc1F. The van der Waals surface area contributed by atoms with Crippen molar-refractivity contribution in [2.24, 2.45) is 0 Å². The van der Waals surface area contributed by atoms with Crippen LogP contribution in [0, 0.1) is 11.6 Å². The molecule has 8 heteroatoms. The van der Waals surface area contributed by atoms with Crippen molar-refractivity contribution in [1.82, 2.24) is 24.6 Å². The number of carbonyl (C=O) groups excluding carboxylic acids is 1. The molecule has 0 radical (unpaired) electrons. The first-order valence-electron chi connectivity index (χ1n) is 9.88. The van der Waals surface area contributed by atoms with E-state index < -0.39 is 11.6 Å². The Kier molecular flexibility index (Phi) is 5.42. The van der Waals surface area contributed by atoms with Crippen LogP contribution in [0.25, 0.3) is 5.69 Å². The molecule has 1 amide bonds. The number of aryl methyl sites for hydroxylation is 2. The van der Waals surface area contributed by atoms with Crippen molar-refractivity contribution in [3.8, 4) is 5.69 Å². The largest absolute Gasteiger partial charge is 0.349 e. The highest BCUT2D eigenvalue weighted by atomic mass is 19.1. The molecule has 152 valence electrons. The molecule has 0 spiro atoms. The van der Waals surface area contributed by atoms with Gasteiger partial charge in [0.05, 0.1) is 12.2 Å². The van der Waals surface area contributed by atoms with E-state index in [2.05, 4.69) is 15.4 Å². The minimum Gasteiger partial charge on any atom is -0.349 e. The van der Waals surface area contributed by atoms with Gasteiger partial charge >= 0.3 is 0 Å². The molecule has 3 aromatic rings. The van der Waals surface area contributed by atoms with Crippen molar-refractivity contribution >= 4 is 5.91 Å². The fraction of sp³-hybridized carbons (Fsp3) is 0.381. The van der Waals surface area contributed by atoms with E-state index in [-0.39, 0.29) is 17.6 Å². The molecule has 0 unspecified atom stereocenters. The summed E-state index contributed by atoms with van der Waals surface area (Å²) in [6.07, 6.45) is 8.87. The standard InChI is InChI=1S/C21H23F2N5O/c1-2-20-24-9-11-27(20)10-8-21(29)26-17-4-3-5-18-15(17)13-25-28(18)19-7-6-14(22)12-16(19)23/h6-7,9,11-13,17H,2-5,8,10H2,1H3,(H,26,29)/t17-/m1/s1. The summed E-state index contributed by atoms with van der Waals surface area (Å²) in [5, 5.41) is 7.40. The fourth-order valence-electron chi connectivity index (χ4n) is 3.91. The number of halogens is 2. The first-order chi connectivity index (χ1) is 14.1. The van der Waals surface area contributed by atoms with Gasteiger partial charge in [-0.05, 0) is 31.4 Å². The summed E-state index contributed by atoms with van der Waals surface area (Å²) < 4.78 is 30.9. The first kappa shape index (κ1) is 19.3. The zero-order chi connectivity index (χ0) is 20.4. The number of benzene rings is 1. The van der Waals surface area contributed by atoms with Crippen molar-refractivity contribution in [3.05, 3.63) is 65.5 Å². The van der Waals surface area contributed by atoms with Crippen LogP contribution < -0.4 is 5.32 Å². The highest BCUT2D eigenvalue weighted by Gasteiger charge is 2.26. The molecule has 0 bridgehead atoms. The maximum absolute atomic E-state index is 14.2. The van der Waals surface area contributed by atoms with Gasteiger partial charge in [-0.3, -0.25) is 4.79 Å². The average molecular weight is 399 g/mol. The first-order valence-corrected chi connectivity index (χ1v) is 9.88. The number of amides is 1. The van der Waals surface area contributed by atoms with E-state index in [9.17, 15) is 13.6 Å². The molecule has 29 heavy (non-hydrogen) atoms. The van der Waals surface area contributed by atoms with Gasteiger partial charge in [0.15, 0.2) is 5.82 Å². The Morgan fingerprint density at radius 1 is 1.34 bits per heavy atom. The number of hydrogen-bond acceptors (Lipinski definition) is 3. The molecule has 1 N–H and O–H groups in total. The highest BCUT2D eigenvalue weighted by Crippen LogP contribution is 2.31. The van der Waals surface area contributed by atoms with Crippen LogP contribution in [-0.2, 0) is 24.2 Å². The van der Waals surface area contributed by atoms with Gasteiger partial charge in [-0.2, -0.15) is 5.10 Å². The van der Waals surface area contributed by atoms with E-state index in [0.29, 0.717) is 13.0 Å². The Balaban J connectivity index is 1.47. The lowest BCUT2D eigenvalue weighted by molar-refractivity contribution is -0.122. The Morgan fingerprint density at radius 3 is 3.00 bits per heavy atom. The molecule has 0 saturated carbocycles. The fourth-order valence-corrected chi connectivity index (χ4v) is 3.91. The number of carbonyl (C=O) groups is 1. The van der Waals surface area contributed by atoms with Crippen LogP contribution in [0.4, 0.5) is 8.78 Å². The van der Waals surface area contributed by atoms with Crippen LogP contribution in [0.3, 0.4) is 0 Å². The van der Waals surface area contributed by atoms with Crippen molar-refractivity contribution in [2.75, 3.05) is 0 Å². The minimum absolute atomic E-state index is 0.0423. The van der Waals surface area contributed by atoms with E-state index in [0.717, 1.165) is 48.8 Å². The average Bonchev–Trinajstić information content (AvgIpc) is 3.33. The molecule has 2 heterocycles. The second-order valence-electron chi connectivity index (χ2n) is 7.21. The minimum atomic E-state index is -0.658. The molecule has 4 rings (SSSR count). The van der Waals surface area contributed by atoms with E-state index in [4.69, 9.17) is 0 Å². The predicted molar refractivity (Wildman–Crippen MR) is 104 cm³/mol. The Bertz CT molecular complexity index is 1030. The van der Waals surface area contributed by atoms with Gasteiger partial charge < -0.3 is 9.88 Å². The maximum Gasteiger partial charge on any atom is 0.222 e. The number of aromatic nitrogens is 4. The van der Waals surface area contributed by atoms with Crippen LogP contribution >= 0.6 is 0 Å². The smallest absolute Gasteiger partial charge is 0.222 e. The topological polar surface area (TPSA) is 64.7 Å². The third kappa shape index (κ3) is 3.92. The number of hydrogen-bond donors (Lipinski definition) is 1. The molecule has 1 atom stereocenters. The van der Waals surface area contributed by atoms with Gasteiger partial charge in [-0.25, -0.2) is 18.4 Å². The van der Waals surface area contributed by atoms with Crippen LogP contribution in [0.15, 0.2) is 36.8 Å². The predicted octanol–water partition coefficient (Wildman–Crippen LogP) is 3.49. The number of imidazole rings is 1. The van der Waals surface area contributed by atoms with Crippen molar-refractivity contribution in [3.63, 3.8) is 0 Å². The zero-order valence-electron chi connectivity index (χ0n) is 16.2. The summed E-state index contributed by atoms with van der Waals surface area (Å²) in [7, 11) is 0. The van der Waals surface area contributed by atoms with Crippen LogP contribution in [0.1, 0.15) is 49.3 Å².